The molecule has 2 nitrogen and oxygen atoms in total. The lowest BCUT2D eigenvalue weighted by molar-refractivity contribution is 0.256. The lowest BCUT2D eigenvalue weighted by Gasteiger charge is -2.16. The summed E-state index contributed by atoms with van der Waals surface area (Å²) in [5.74, 6) is 2.39. The molecule has 1 amide bonds. The van der Waals surface area contributed by atoms with Gasteiger partial charge in [-0.3, -0.25) is 4.79 Å². The fraction of sp³-hybridized carbons (Fsp3) is 0.500. The molecular formula is C6H9NOS. The summed E-state index contributed by atoms with van der Waals surface area (Å²) in [6.07, 6.45) is 5.06. The minimum absolute atomic E-state index is 0.405. The molecule has 0 atom stereocenters. The molecule has 0 radical (unpaired) electrons. The van der Waals surface area contributed by atoms with Crippen LogP contribution in [-0.2, 0) is 0 Å². The fourth-order valence-corrected chi connectivity index (χ4v) is 0.583. The summed E-state index contributed by atoms with van der Waals surface area (Å²) in [7, 11) is 0. The number of hydrogen-bond acceptors (Lipinski definition) is 1. The first kappa shape index (κ1) is 8.38. The SMILES string of the molecule is C#CC(C)(C)NC(=O)S. The van der Waals surface area contributed by atoms with Crippen LogP contribution in [0.5, 0.6) is 0 Å². The topological polar surface area (TPSA) is 29.1 Å². The monoisotopic (exact) mass is 143 g/mol. The van der Waals surface area contributed by atoms with Gasteiger partial charge in [-0.15, -0.1) is 6.42 Å². The lowest BCUT2D eigenvalue weighted by atomic mass is 10.1. The van der Waals surface area contributed by atoms with Crippen molar-refractivity contribution in [3.8, 4) is 12.3 Å². The van der Waals surface area contributed by atoms with E-state index < -0.39 is 10.8 Å². The van der Waals surface area contributed by atoms with Crippen molar-refractivity contribution in [3.63, 3.8) is 0 Å². The molecule has 0 bridgehead atoms. The second-order valence-corrected chi connectivity index (χ2v) is 2.61. The smallest absolute Gasteiger partial charge is 0.277 e. The first-order chi connectivity index (χ1) is 3.98. The molecule has 0 aromatic carbocycles. The van der Waals surface area contributed by atoms with Crippen LogP contribution in [0.2, 0.25) is 0 Å². The number of hydrogen-bond donors (Lipinski definition) is 2. The zero-order valence-corrected chi connectivity index (χ0v) is 6.33. The van der Waals surface area contributed by atoms with E-state index in [1.54, 1.807) is 13.8 Å². The van der Waals surface area contributed by atoms with E-state index in [0.717, 1.165) is 0 Å². The number of nitrogens with one attached hydrogen (secondary N) is 1. The van der Waals surface area contributed by atoms with Crippen LogP contribution in [-0.4, -0.2) is 10.8 Å². The van der Waals surface area contributed by atoms with Gasteiger partial charge < -0.3 is 5.32 Å². The van der Waals surface area contributed by atoms with Gasteiger partial charge in [0.2, 0.25) is 0 Å². The molecule has 1 N–H and O–H groups in total. The molecule has 0 heterocycles. The molecule has 0 aromatic heterocycles. The van der Waals surface area contributed by atoms with Crippen LogP contribution in [0, 0.1) is 12.3 Å². The van der Waals surface area contributed by atoms with Gasteiger partial charge in [-0.1, -0.05) is 18.5 Å². The zero-order valence-electron chi connectivity index (χ0n) is 5.43. The predicted octanol–water partition coefficient (Wildman–Crippen LogP) is 1.04. The molecule has 0 saturated carbocycles. The van der Waals surface area contributed by atoms with Crippen molar-refractivity contribution in [1.82, 2.24) is 5.32 Å². The molecular weight excluding hydrogens is 134 g/mol. The highest BCUT2D eigenvalue weighted by Crippen LogP contribution is 1.98. The Balaban J connectivity index is 3.91. The van der Waals surface area contributed by atoms with Crippen LogP contribution in [0.25, 0.3) is 0 Å². The maximum atomic E-state index is 10.3. The van der Waals surface area contributed by atoms with E-state index in [2.05, 4.69) is 23.9 Å². The first-order valence-electron chi connectivity index (χ1n) is 2.47. The second kappa shape index (κ2) is 2.79. The summed E-state index contributed by atoms with van der Waals surface area (Å²) in [5, 5.41) is 2.05. The van der Waals surface area contributed by atoms with Crippen LogP contribution in [0.4, 0.5) is 4.79 Å². The Morgan fingerprint density at radius 1 is 1.78 bits per heavy atom. The van der Waals surface area contributed by atoms with Gasteiger partial charge in [0.15, 0.2) is 0 Å². The minimum Gasteiger partial charge on any atom is -0.331 e. The summed E-state index contributed by atoms with van der Waals surface area (Å²) in [4.78, 5) is 10.3. The molecule has 0 aliphatic heterocycles. The number of rotatable bonds is 1. The van der Waals surface area contributed by atoms with E-state index in [0.29, 0.717) is 0 Å². The maximum absolute atomic E-state index is 10.3. The fourth-order valence-electron chi connectivity index (χ4n) is 0.303. The van der Waals surface area contributed by atoms with E-state index in [1.165, 1.54) is 0 Å². The van der Waals surface area contributed by atoms with E-state index in [1.807, 2.05) is 0 Å². The zero-order chi connectivity index (χ0) is 7.49. The van der Waals surface area contributed by atoms with Crippen molar-refractivity contribution in [2.75, 3.05) is 0 Å². The number of thiol groups is 1. The van der Waals surface area contributed by atoms with Gasteiger partial charge in [-0.2, -0.15) is 0 Å². The first-order valence-corrected chi connectivity index (χ1v) is 2.91. The number of carbonyl (C=O) groups excluding carboxylic acids is 1. The van der Waals surface area contributed by atoms with E-state index in [4.69, 9.17) is 6.42 Å². The van der Waals surface area contributed by atoms with Gasteiger partial charge in [0.05, 0.1) is 5.54 Å². The average molecular weight is 143 g/mol. The molecule has 0 aliphatic rings. The van der Waals surface area contributed by atoms with E-state index >= 15 is 0 Å². The van der Waals surface area contributed by atoms with Gasteiger partial charge in [-0.05, 0) is 13.8 Å². The number of terminal acetylenes is 1. The van der Waals surface area contributed by atoms with Crippen molar-refractivity contribution in [2.45, 2.75) is 19.4 Å². The quantitative estimate of drug-likeness (QED) is 0.417. The number of amides is 1. The lowest BCUT2D eigenvalue weighted by Crippen LogP contribution is -2.39. The van der Waals surface area contributed by atoms with Crippen molar-refractivity contribution in [3.05, 3.63) is 0 Å². The molecule has 0 unspecified atom stereocenters. The largest absolute Gasteiger partial charge is 0.331 e. The summed E-state index contributed by atoms with van der Waals surface area (Å²) in [6, 6.07) is 0. The summed E-state index contributed by atoms with van der Waals surface area (Å²) < 4.78 is 0. The van der Waals surface area contributed by atoms with Crippen molar-refractivity contribution >= 4 is 17.9 Å². The van der Waals surface area contributed by atoms with Crippen LogP contribution in [0.1, 0.15) is 13.8 Å². The predicted molar refractivity (Wildman–Crippen MR) is 40.4 cm³/mol. The summed E-state index contributed by atoms with van der Waals surface area (Å²) in [5.41, 5.74) is -0.584. The Bertz CT molecular complexity index is 157. The van der Waals surface area contributed by atoms with Crippen LogP contribution >= 0.6 is 12.6 Å². The van der Waals surface area contributed by atoms with E-state index in [9.17, 15) is 4.79 Å². The Morgan fingerprint density at radius 2 is 2.22 bits per heavy atom. The Kier molecular flexibility index (Phi) is 2.60. The molecule has 0 saturated heterocycles. The molecule has 50 valence electrons. The molecule has 9 heavy (non-hydrogen) atoms. The van der Waals surface area contributed by atoms with E-state index in [-0.39, 0.29) is 0 Å². The van der Waals surface area contributed by atoms with Crippen molar-refractivity contribution in [1.29, 1.82) is 0 Å². The van der Waals surface area contributed by atoms with Gasteiger partial charge in [0.1, 0.15) is 0 Å². The minimum atomic E-state index is -0.584. The summed E-state index contributed by atoms with van der Waals surface area (Å²) >= 11 is 3.50. The number of carbonyl (C=O) groups is 1. The van der Waals surface area contributed by atoms with Gasteiger partial charge in [0.25, 0.3) is 5.24 Å². The Hall–Kier alpha value is -0.620. The third-order valence-corrected chi connectivity index (χ3v) is 0.892. The van der Waals surface area contributed by atoms with Crippen molar-refractivity contribution in [2.24, 2.45) is 0 Å². The molecule has 0 spiro atoms. The third kappa shape index (κ3) is 3.92. The van der Waals surface area contributed by atoms with Crippen LogP contribution < -0.4 is 5.32 Å². The molecule has 0 aliphatic carbocycles. The Labute approximate surface area is 60.4 Å². The standard InChI is InChI=1S/C6H9NOS/c1-4-6(2,3)7-5(8)9/h1H,2-3H3,(H2,7,8,9). The molecule has 3 heteroatoms. The van der Waals surface area contributed by atoms with Crippen LogP contribution in [0.3, 0.4) is 0 Å². The third-order valence-electron chi connectivity index (χ3n) is 0.780. The highest BCUT2D eigenvalue weighted by molar-refractivity contribution is 7.96. The van der Waals surface area contributed by atoms with Gasteiger partial charge in [0, 0.05) is 0 Å². The normalized spacial score (nSPS) is 10.0. The van der Waals surface area contributed by atoms with Gasteiger partial charge in [-0.25, -0.2) is 0 Å². The highest BCUT2D eigenvalue weighted by Gasteiger charge is 2.13. The molecule has 0 aromatic rings. The summed E-state index contributed by atoms with van der Waals surface area (Å²) in [6.45, 7) is 3.45. The maximum Gasteiger partial charge on any atom is 0.277 e. The molecule has 0 rings (SSSR count). The molecule has 0 fully saturated rings. The Morgan fingerprint density at radius 3 is 2.33 bits per heavy atom. The average Bonchev–Trinajstić information content (AvgIpc) is 1.63. The van der Waals surface area contributed by atoms with Crippen LogP contribution in [0.15, 0.2) is 0 Å². The van der Waals surface area contributed by atoms with Gasteiger partial charge >= 0.3 is 0 Å². The second-order valence-electron chi connectivity index (χ2n) is 2.20. The highest BCUT2D eigenvalue weighted by atomic mass is 32.1. The van der Waals surface area contributed by atoms with Crippen molar-refractivity contribution < 1.29 is 4.79 Å².